The van der Waals surface area contributed by atoms with Gasteiger partial charge in [0.05, 0.1) is 16.7 Å². The van der Waals surface area contributed by atoms with E-state index < -0.39 is 6.10 Å². The summed E-state index contributed by atoms with van der Waals surface area (Å²) in [5.41, 5.74) is 1.55. The fourth-order valence-electron chi connectivity index (χ4n) is 1.87. The zero-order valence-electron chi connectivity index (χ0n) is 10.4. The molecule has 3 nitrogen and oxygen atoms in total. The minimum Gasteiger partial charge on any atom is -0.387 e. The number of hydrogen-bond acceptors (Lipinski definition) is 4. The number of nitrogens with zero attached hydrogens (tertiary/aromatic N) is 2. The Kier molecular flexibility index (Phi) is 4.85. The lowest BCUT2D eigenvalue weighted by Crippen LogP contribution is -2.04. The van der Waals surface area contributed by atoms with E-state index in [1.54, 1.807) is 6.07 Å². The smallest absolute Gasteiger partial charge is 0.124 e. The monoisotopic (exact) mass is 300 g/mol. The number of aliphatic hydroxyl groups excluding tert-OH is 1. The summed E-state index contributed by atoms with van der Waals surface area (Å²) in [7, 11) is 0. The van der Waals surface area contributed by atoms with Crippen molar-refractivity contribution >= 4 is 23.1 Å². The van der Waals surface area contributed by atoms with Crippen LogP contribution in [0.3, 0.4) is 0 Å². The maximum Gasteiger partial charge on any atom is 0.124 e. The molecule has 2 aromatic rings. The first-order valence-electron chi connectivity index (χ1n) is 6.05. The van der Waals surface area contributed by atoms with E-state index in [9.17, 15) is 9.50 Å². The van der Waals surface area contributed by atoms with Crippen molar-refractivity contribution in [1.82, 2.24) is 9.59 Å². The van der Waals surface area contributed by atoms with Gasteiger partial charge in [-0.05, 0) is 35.6 Å². The summed E-state index contributed by atoms with van der Waals surface area (Å²) >= 11 is 7.15. The molecule has 1 atom stereocenters. The Labute approximate surface area is 120 Å². The first kappa shape index (κ1) is 14.4. The molecular weight excluding hydrogens is 287 g/mol. The van der Waals surface area contributed by atoms with Gasteiger partial charge in [-0.2, -0.15) is 0 Å². The summed E-state index contributed by atoms with van der Waals surface area (Å²) in [5, 5.41) is 14.6. The van der Waals surface area contributed by atoms with Gasteiger partial charge in [-0.25, -0.2) is 4.39 Å². The molecule has 0 saturated carbocycles. The van der Waals surface area contributed by atoms with Crippen molar-refractivity contribution in [3.05, 3.63) is 45.2 Å². The van der Waals surface area contributed by atoms with E-state index >= 15 is 0 Å². The second-order valence-corrected chi connectivity index (χ2v) is 5.48. The zero-order chi connectivity index (χ0) is 13.8. The molecule has 102 valence electrons. The molecule has 19 heavy (non-hydrogen) atoms. The van der Waals surface area contributed by atoms with Gasteiger partial charge in [-0.1, -0.05) is 35.5 Å². The predicted molar refractivity (Wildman–Crippen MR) is 74.0 cm³/mol. The number of aliphatic hydroxyl groups is 1. The molecule has 0 aliphatic rings. The molecular formula is C13H14ClFN2OS. The molecule has 0 aliphatic carbocycles. The lowest BCUT2D eigenvalue weighted by Gasteiger charge is -2.11. The van der Waals surface area contributed by atoms with Gasteiger partial charge in [0, 0.05) is 11.4 Å². The standard InChI is InChI=1S/C13H14ClFN2OS/c1-2-3-11-13(19-17-16-11)12(18)6-8-4-5-9(15)7-10(8)14/h4-5,7,12,18H,2-3,6H2,1H3. The Morgan fingerprint density at radius 3 is 2.95 bits per heavy atom. The average Bonchev–Trinajstić information content (AvgIpc) is 2.81. The van der Waals surface area contributed by atoms with Crippen LogP contribution >= 0.6 is 23.1 Å². The van der Waals surface area contributed by atoms with Gasteiger partial charge in [-0.15, -0.1) is 5.10 Å². The highest BCUT2D eigenvalue weighted by atomic mass is 35.5. The van der Waals surface area contributed by atoms with Gasteiger partial charge in [0.2, 0.25) is 0 Å². The Morgan fingerprint density at radius 1 is 1.47 bits per heavy atom. The lowest BCUT2D eigenvalue weighted by atomic mass is 10.0. The Morgan fingerprint density at radius 2 is 2.26 bits per heavy atom. The highest BCUT2D eigenvalue weighted by Crippen LogP contribution is 2.28. The molecule has 1 unspecified atom stereocenters. The fourth-order valence-corrected chi connectivity index (χ4v) is 2.79. The van der Waals surface area contributed by atoms with Gasteiger partial charge in [0.15, 0.2) is 0 Å². The summed E-state index contributed by atoms with van der Waals surface area (Å²) in [5.74, 6) is -0.380. The van der Waals surface area contributed by atoms with Gasteiger partial charge >= 0.3 is 0 Å². The summed E-state index contributed by atoms with van der Waals surface area (Å²) < 4.78 is 16.8. The van der Waals surface area contributed by atoms with Crippen molar-refractivity contribution in [2.45, 2.75) is 32.3 Å². The second kappa shape index (κ2) is 6.41. The second-order valence-electron chi connectivity index (χ2n) is 4.29. The zero-order valence-corrected chi connectivity index (χ0v) is 12.0. The molecule has 1 aromatic heterocycles. The van der Waals surface area contributed by atoms with Crippen LogP contribution in [0.1, 0.15) is 35.6 Å². The van der Waals surface area contributed by atoms with E-state index in [2.05, 4.69) is 9.59 Å². The van der Waals surface area contributed by atoms with Gasteiger partial charge in [0.1, 0.15) is 5.82 Å². The van der Waals surface area contributed by atoms with Gasteiger partial charge in [-0.3, -0.25) is 0 Å². The SMILES string of the molecule is CCCc1nnsc1C(O)Cc1ccc(F)cc1Cl. The molecule has 0 aliphatic heterocycles. The van der Waals surface area contributed by atoms with E-state index in [1.807, 2.05) is 6.92 Å². The van der Waals surface area contributed by atoms with Crippen LogP contribution in [0.2, 0.25) is 5.02 Å². The Hall–Kier alpha value is -1.04. The molecule has 1 N–H and O–H groups in total. The largest absolute Gasteiger partial charge is 0.387 e. The molecule has 2 rings (SSSR count). The lowest BCUT2D eigenvalue weighted by molar-refractivity contribution is 0.181. The van der Waals surface area contributed by atoms with Crippen LogP contribution in [0.15, 0.2) is 18.2 Å². The average molecular weight is 301 g/mol. The van der Waals surface area contributed by atoms with E-state index in [-0.39, 0.29) is 5.82 Å². The van der Waals surface area contributed by atoms with E-state index in [0.29, 0.717) is 17.0 Å². The first-order valence-corrected chi connectivity index (χ1v) is 7.20. The summed E-state index contributed by atoms with van der Waals surface area (Å²) in [6.07, 6.45) is 1.37. The quantitative estimate of drug-likeness (QED) is 0.918. The summed E-state index contributed by atoms with van der Waals surface area (Å²) in [6.45, 7) is 2.05. The van der Waals surface area contributed by atoms with E-state index in [4.69, 9.17) is 11.6 Å². The van der Waals surface area contributed by atoms with Crippen LogP contribution in [0.5, 0.6) is 0 Å². The summed E-state index contributed by atoms with van der Waals surface area (Å²) in [6, 6.07) is 4.18. The molecule has 0 bridgehead atoms. The minimum atomic E-state index is -0.704. The summed E-state index contributed by atoms with van der Waals surface area (Å²) in [4.78, 5) is 0.766. The third-order valence-electron chi connectivity index (χ3n) is 2.80. The van der Waals surface area contributed by atoms with Crippen LogP contribution in [-0.4, -0.2) is 14.7 Å². The molecule has 0 amide bonds. The topological polar surface area (TPSA) is 46.0 Å². The van der Waals surface area contributed by atoms with Crippen LogP contribution in [0, 0.1) is 5.82 Å². The number of benzene rings is 1. The molecule has 0 radical (unpaired) electrons. The third kappa shape index (κ3) is 3.49. The van der Waals surface area contributed by atoms with Crippen molar-refractivity contribution in [1.29, 1.82) is 0 Å². The first-order chi connectivity index (χ1) is 9.11. The van der Waals surface area contributed by atoms with Gasteiger partial charge < -0.3 is 5.11 Å². The number of aromatic nitrogens is 2. The van der Waals surface area contributed by atoms with Crippen molar-refractivity contribution in [3.63, 3.8) is 0 Å². The normalized spacial score (nSPS) is 12.6. The Balaban J connectivity index is 2.16. The van der Waals surface area contributed by atoms with Gasteiger partial charge in [0.25, 0.3) is 0 Å². The van der Waals surface area contributed by atoms with E-state index in [0.717, 1.165) is 23.4 Å². The third-order valence-corrected chi connectivity index (χ3v) is 4.02. The van der Waals surface area contributed by atoms with Crippen molar-refractivity contribution < 1.29 is 9.50 Å². The molecule has 6 heteroatoms. The minimum absolute atomic E-state index is 0.327. The Bertz CT molecular complexity index is 561. The van der Waals surface area contributed by atoms with Crippen LogP contribution in [0.4, 0.5) is 4.39 Å². The van der Waals surface area contributed by atoms with Crippen LogP contribution in [-0.2, 0) is 12.8 Å². The molecule has 1 aromatic carbocycles. The number of rotatable bonds is 5. The highest BCUT2D eigenvalue weighted by Gasteiger charge is 2.18. The van der Waals surface area contributed by atoms with Crippen LogP contribution < -0.4 is 0 Å². The van der Waals surface area contributed by atoms with E-state index in [1.165, 1.54) is 23.7 Å². The number of halogens is 2. The molecule has 0 fully saturated rings. The van der Waals surface area contributed by atoms with Crippen LogP contribution in [0.25, 0.3) is 0 Å². The predicted octanol–water partition coefficient (Wildman–Crippen LogP) is 3.56. The van der Waals surface area contributed by atoms with Crippen molar-refractivity contribution in [2.24, 2.45) is 0 Å². The number of hydrogen-bond donors (Lipinski definition) is 1. The fraction of sp³-hybridized carbons (Fsp3) is 0.385. The molecule has 0 saturated heterocycles. The number of aryl methyl sites for hydroxylation is 1. The van der Waals surface area contributed by atoms with Crippen molar-refractivity contribution in [3.8, 4) is 0 Å². The maximum absolute atomic E-state index is 13.0. The molecule has 1 heterocycles. The van der Waals surface area contributed by atoms with Crippen molar-refractivity contribution in [2.75, 3.05) is 0 Å². The maximum atomic E-state index is 13.0. The highest BCUT2D eigenvalue weighted by molar-refractivity contribution is 7.05. The molecule has 0 spiro atoms.